The summed E-state index contributed by atoms with van der Waals surface area (Å²) in [4.78, 5) is 24.4. The fraction of sp³-hybridized carbons (Fsp3) is 0.688. The smallest absolute Gasteiger partial charge is 0.271 e. The molecule has 0 unspecified atom stereocenters. The van der Waals surface area contributed by atoms with Gasteiger partial charge >= 0.3 is 0 Å². The van der Waals surface area contributed by atoms with Crippen LogP contribution < -0.4 is 10.6 Å². The minimum atomic E-state index is -0.292. The number of amides is 2. The summed E-state index contributed by atoms with van der Waals surface area (Å²) in [6.07, 6.45) is 4.13. The predicted molar refractivity (Wildman–Crippen MR) is 85.8 cm³/mol. The van der Waals surface area contributed by atoms with Crippen molar-refractivity contribution in [2.45, 2.75) is 37.9 Å². The van der Waals surface area contributed by atoms with E-state index in [0.29, 0.717) is 18.8 Å². The first-order chi connectivity index (χ1) is 11.6. The first-order valence-electron chi connectivity index (χ1n) is 8.47. The average molecular weight is 336 g/mol. The van der Waals surface area contributed by atoms with Gasteiger partial charge in [0.2, 0.25) is 0 Å². The van der Waals surface area contributed by atoms with Crippen LogP contribution in [0.15, 0.2) is 6.07 Å². The number of carbonyl (C=O) groups excluding carboxylic acids is 2. The molecule has 2 fully saturated rings. The molecule has 8 nitrogen and oxygen atoms in total. The number of hydrogen-bond donors (Lipinski definition) is 2. The molecule has 0 bridgehead atoms. The first kappa shape index (κ1) is 16.9. The maximum atomic E-state index is 12.2. The minimum Gasteiger partial charge on any atom is -0.376 e. The van der Waals surface area contributed by atoms with E-state index in [1.807, 2.05) is 0 Å². The molecule has 8 heteroatoms. The first-order valence-corrected chi connectivity index (χ1v) is 8.47. The Balaban J connectivity index is 1.52. The quantitative estimate of drug-likeness (QED) is 0.776. The molecule has 24 heavy (non-hydrogen) atoms. The van der Waals surface area contributed by atoms with Gasteiger partial charge in [-0.1, -0.05) is 0 Å². The molecule has 3 rings (SSSR count). The number of nitrogens with zero attached hydrogens (tertiary/aromatic N) is 2. The van der Waals surface area contributed by atoms with Crippen LogP contribution in [-0.4, -0.2) is 60.1 Å². The molecule has 2 saturated heterocycles. The molecule has 1 aromatic rings. The molecule has 0 saturated carbocycles. The molecule has 2 aliphatic heterocycles. The Morgan fingerprint density at radius 3 is 2.25 bits per heavy atom. The van der Waals surface area contributed by atoms with Gasteiger partial charge in [0.25, 0.3) is 11.8 Å². The zero-order valence-electron chi connectivity index (χ0n) is 13.9. The number of ether oxygens (including phenoxy) is 2. The number of rotatable bonds is 6. The standard InChI is InChI=1S/C16H24N4O4/c1-20-14(16(22)18-10-12-5-3-7-24-12)8-13(19-20)15(21)17-9-11-4-2-6-23-11/h8,11-12H,2-7,9-10H2,1H3,(H,17,21)(H,18,22)/t11-,12-/m1/s1. The monoisotopic (exact) mass is 336 g/mol. The topological polar surface area (TPSA) is 94.5 Å². The Bertz CT molecular complexity index is 589. The molecule has 1 aromatic heterocycles. The van der Waals surface area contributed by atoms with Gasteiger partial charge in [0.05, 0.1) is 12.2 Å². The summed E-state index contributed by atoms with van der Waals surface area (Å²) in [7, 11) is 1.65. The maximum Gasteiger partial charge on any atom is 0.271 e. The summed E-state index contributed by atoms with van der Waals surface area (Å²) < 4.78 is 12.4. The second-order valence-corrected chi connectivity index (χ2v) is 6.23. The van der Waals surface area contributed by atoms with Gasteiger partial charge < -0.3 is 20.1 Å². The van der Waals surface area contributed by atoms with E-state index in [1.165, 1.54) is 10.7 Å². The van der Waals surface area contributed by atoms with Crippen LogP contribution in [-0.2, 0) is 16.5 Å². The van der Waals surface area contributed by atoms with Gasteiger partial charge in [0.15, 0.2) is 5.69 Å². The zero-order chi connectivity index (χ0) is 16.9. The SMILES string of the molecule is Cn1nc(C(=O)NC[C@H]2CCCO2)cc1C(=O)NC[C@H]1CCCO1. The summed E-state index contributed by atoms with van der Waals surface area (Å²) in [6.45, 7) is 2.45. The number of aromatic nitrogens is 2. The van der Waals surface area contributed by atoms with E-state index in [1.54, 1.807) is 7.05 Å². The molecule has 3 heterocycles. The van der Waals surface area contributed by atoms with Crippen LogP contribution in [0.3, 0.4) is 0 Å². The zero-order valence-corrected chi connectivity index (χ0v) is 13.9. The normalized spacial score (nSPS) is 23.4. The highest BCUT2D eigenvalue weighted by molar-refractivity contribution is 5.97. The fourth-order valence-corrected chi connectivity index (χ4v) is 3.00. The van der Waals surface area contributed by atoms with Crippen molar-refractivity contribution < 1.29 is 19.1 Å². The second-order valence-electron chi connectivity index (χ2n) is 6.23. The van der Waals surface area contributed by atoms with Crippen molar-refractivity contribution in [1.82, 2.24) is 20.4 Å². The summed E-state index contributed by atoms with van der Waals surface area (Å²) in [5.74, 6) is -0.544. The van der Waals surface area contributed by atoms with Crippen molar-refractivity contribution in [1.29, 1.82) is 0 Å². The molecule has 2 aliphatic rings. The Labute approximate surface area is 140 Å². The highest BCUT2D eigenvalue weighted by atomic mass is 16.5. The third-order valence-corrected chi connectivity index (χ3v) is 4.37. The molecule has 132 valence electrons. The lowest BCUT2D eigenvalue weighted by Gasteiger charge is -2.10. The fourth-order valence-electron chi connectivity index (χ4n) is 3.00. The van der Waals surface area contributed by atoms with E-state index < -0.39 is 0 Å². The summed E-state index contributed by atoms with van der Waals surface area (Å²) in [5.41, 5.74) is 0.591. The average Bonchev–Trinajstić information content (AvgIpc) is 3.31. The van der Waals surface area contributed by atoms with Gasteiger partial charge in [-0.2, -0.15) is 5.10 Å². The summed E-state index contributed by atoms with van der Waals surface area (Å²) in [6, 6.07) is 1.51. The van der Waals surface area contributed by atoms with Crippen molar-refractivity contribution in [3.05, 3.63) is 17.5 Å². The van der Waals surface area contributed by atoms with Crippen molar-refractivity contribution in [2.75, 3.05) is 26.3 Å². The molecule has 2 amide bonds. The van der Waals surface area contributed by atoms with E-state index in [-0.39, 0.29) is 29.7 Å². The van der Waals surface area contributed by atoms with Crippen LogP contribution in [0, 0.1) is 0 Å². The molecule has 2 atom stereocenters. The van der Waals surface area contributed by atoms with Gasteiger partial charge in [-0.15, -0.1) is 0 Å². The predicted octanol–water partition coefficient (Wildman–Crippen LogP) is 0.238. The van der Waals surface area contributed by atoms with Gasteiger partial charge in [-0.05, 0) is 25.7 Å². The van der Waals surface area contributed by atoms with Crippen LogP contribution in [0.25, 0.3) is 0 Å². The third kappa shape index (κ3) is 4.12. The summed E-state index contributed by atoms with van der Waals surface area (Å²) in [5, 5.41) is 9.77. The molecule has 0 radical (unpaired) electrons. The molecule has 0 aromatic carbocycles. The maximum absolute atomic E-state index is 12.2. The van der Waals surface area contributed by atoms with Crippen LogP contribution in [0.2, 0.25) is 0 Å². The molecule has 0 aliphatic carbocycles. The number of aryl methyl sites for hydroxylation is 1. The van der Waals surface area contributed by atoms with E-state index >= 15 is 0 Å². The Kier molecular flexibility index (Phi) is 5.47. The van der Waals surface area contributed by atoms with E-state index in [2.05, 4.69) is 15.7 Å². The number of hydrogen-bond acceptors (Lipinski definition) is 5. The summed E-state index contributed by atoms with van der Waals surface area (Å²) >= 11 is 0. The second kappa shape index (κ2) is 7.76. The Hall–Kier alpha value is -1.93. The molecule has 2 N–H and O–H groups in total. The van der Waals surface area contributed by atoms with Gasteiger partial charge in [0, 0.05) is 39.4 Å². The molecule has 0 spiro atoms. The van der Waals surface area contributed by atoms with Crippen molar-refractivity contribution in [3.63, 3.8) is 0 Å². The lowest BCUT2D eigenvalue weighted by molar-refractivity contribution is 0.0848. The Morgan fingerprint density at radius 2 is 1.71 bits per heavy atom. The molecular weight excluding hydrogens is 312 g/mol. The number of carbonyl (C=O) groups is 2. The van der Waals surface area contributed by atoms with Crippen molar-refractivity contribution >= 4 is 11.8 Å². The highest BCUT2D eigenvalue weighted by Gasteiger charge is 2.21. The van der Waals surface area contributed by atoms with Crippen LogP contribution >= 0.6 is 0 Å². The third-order valence-electron chi connectivity index (χ3n) is 4.37. The van der Waals surface area contributed by atoms with Gasteiger partial charge in [0.1, 0.15) is 5.69 Å². The Morgan fingerprint density at radius 1 is 1.12 bits per heavy atom. The molecular formula is C16H24N4O4. The lowest BCUT2D eigenvalue weighted by atomic mass is 10.2. The van der Waals surface area contributed by atoms with Crippen LogP contribution in [0.1, 0.15) is 46.7 Å². The lowest BCUT2D eigenvalue weighted by Crippen LogP contribution is -2.32. The van der Waals surface area contributed by atoms with E-state index in [9.17, 15) is 9.59 Å². The van der Waals surface area contributed by atoms with Crippen LogP contribution in [0.5, 0.6) is 0 Å². The van der Waals surface area contributed by atoms with E-state index in [4.69, 9.17) is 9.47 Å². The minimum absolute atomic E-state index is 0.0758. The number of nitrogens with one attached hydrogen (secondary N) is 2. The van der Waals surface area contributed by atoms with Crippen molar-refractivity contribution in [2.24, 2.45) is 7.05 Å². The largest absolute Gasteiger partial charge is 0.376 e. The van der Waals surface area contributed by atoms with Crippen molar-refractivity contribution in [3.8, 4) is 0 Å². The highest BCUT2D eigenvalue weighted by Crippen LogP contribution is 2.12. The van der Waals surface area contributed by atoms with E-state index in [0.717, 1.165) is 38.9 Å². The van der Waals surface area contributed by atoms with Gasteiger partial charge in [-0.25, -0.2) is 0 Å². The van der Waals surface area contributed by atoms with Gasteiger partial charge in [-0.3, -0.25) is 14.3 Å². The van der Waals surface area contributed by atoms with Crippen LogP contribution in [0.4, 0.5) is 0 Å².